The zero-order valence-electron chi connectivity index (χ0n) is 15.0. The van der Waals surface area contributed by atoms with E-state index in [2.05, 4.69) is 21.7 Å². The SMILES string of the molecule is CNCCNc1c(C#N)c(N)nc2c1Cc1cc(OC)c(OC)cc1O2. The summed E-state index contributed by atoms with van der Waals surface area (Å²) in [6.07, 6.45) is 0.537. The summed E-state index contributed by atoms with van der Waals surface area (Å²) in [4.78, 5) is 4.28. The van der Waals surface area contributed by atoms with Crippen molar-refractivity contribution in [1.82, 2.24) is 10.3 Å². The number of likely N-dealkylation sites (N-methyl/N-ethyl adjacent to an activating group) is 1. The van der Waals surface area contributed by atoms with Gasteiger partial charge in [0, 0.05) is 36.7 Å². The molecule has 4 N–H and O–H groups in total. The van der Waals surface area contributed by atoms with Crippen LogP contribution in [0.25, 0.3) is 0 Å². The summed E-state index contributed by atoms with van der Waals surface area (Å²) >= 11 is 0. The minimum absolute atomic E-state index is 0.141. The van der Waals surface area contributed by atoms with Crippen LogP contribution in [0.5, 0.6) is 23.1 Å². The van der Waals surface area contributed by atoms with Gasteiger partial charge in [0.1, 0.15) is 23.2 Å². The van der Waals surface area contributed by atoms with E-state index >= 15 is 0 Å². The van der Waals surface area contributed by atoms with Crippen LogP contribution in [0.4, 0.5) is 11.5 Å². The standard InChI is InChI=1S/C18H21N5O3/c1-21-4-5-22-16-11-6-10-7-14(24-2)15(25-3)8-13(10)26-18(11)23-17(20)12(16)9-19/h7-8,21H,4-6H2,1-3H3,(H3,20,22,23). The first-order chi connectivity index (χ1) is 12.6. The smallest absolute Gasteiger partial charge is 0.226 e. The predicted octanol–water partition coefficient (Wildman–Crippen LogP) is 1.88. The van der Waals surface area contributed by atoms with Gasteiger partial charge in [-0.1, -0.05) is 0 Å². The van der Waals surface area contributed by atoms with Crippen LogP contribution in [0.1, 0.15) is 16.7 Å². The van der Waals surface area contributed by atoms with E-state index < -0.39 is 0 Å². The molecule has 0 spiro atoms. The van der Waals surface area contributed by atoms with Crippen molar-refractivity contribution in [2.75, 3.05) is 45.4 Å². The molecule has 1 aliphatic heterocycles. The highest BCUT2D eigenvalue weighted by atomic mass is 16.5. The van der Waals surface area contributed by atoms with E-state index in [4.69, 9.17) is 19.9 Å². The number of nitrogen functional groups attached to an aromatic ring is 1. The molecule has 0 amide bonds. The van der Waals surface area contributed by atoms with E-state index in [1.807, 2.05) is 13.1 Å². The first-order valence-corrected chi connectivity index (χ1v) is 8.16. The van der Waals surface area contributed by atoms with Crippen LogP contribution < -0.4 is 30.6 Å². The molecule has 3 rings (SSSR count). The molecular formula is C18H21N5O3. The molecule has 0 saturated heterocycles. The Labute approximate surface area is 151 Å². The van der Waals surface area contributed by atoms with E-state index in [-0.39, 0.29) is 5.82 Å². The number of nitrogens with zero attached hydrogens (tertiary/aromatic N) is 2. The highest BCUT2D eigenvalue weighted by Gasteiger charge is 2.27. The van der Waals surface area contributed by atoms with Crippen LogP contribution in [0, 0.1) is 11.3 Å². The number of methoxy groups -OCH3 is 2. The first kappa shape index (κ1) is 17.6. The molecule has 2 aromatic rings. The molecule has 26 heavy (non-hydrogen) atoms. The highest BCUT2D eigenvalue weighted by Crippen LogP contribution is 2.45. The molecule has 0 atom stereocenters. The van der Waals surface area contributed by atoms with E-state index in [0.29, 0.717) is 47.3 Å². The van der Waals surface area contributed by atoms with Crippen LogP contribution in [0.15, 0.2) is 12.1 Å². The van der Waals surface area contributed by atoms with Crippen molar-refractivity contribution < 1.29 is 14.2 Å². The lowest BCUT2D eigenvalue weighted by Gasteiger charge is -2.24. The number of rotatable bonds is 6. The molecule has 136 valence electrons. The van der Waals surface area contributed by atoms with Crippen LogP contribution >= 0.6 is 0 Å². The monoisotopic (exact) mass is 355 g/mol. The maximum Gasteiger partial charge on any atom is 0.226 e. The number of hydrogen-bond donors (Lipinski definition) is 3. The average Bonchev–Trinajstić information content (AvgIpc) is 2.65. The molecule has 8 heteroatoms. The van der Waals surface area contributed by atoms with Crippen molar-refractivity contribution in [2.24, 2.45) is 0 Å². The molecule has 0 unspecified atom stereocenters. The summed E-state index contributed by atoms with van der Waals surface area (Å²) in [5, 5.41) is 15.8. The number of nitrogens with one attached hydrogen (secondary N) is 2. The summed E-state index contributed by atoms with van der Waals surface area (Å²) in [5.41, 5.74) is 8.67. The average molecular weight is 355 g/mol. The normalized spacial score (nSPS) is 11.6. The number of benzene rings is 1. The van der Waals surface area contributed by atoms with Crippen molar-refractivity contribution in [2.45, 2.75) is 6.42 Å². The maximum absolute atomic E-state index is 9.50. The third kappa shape index (κ3) is 3.05. The van der Waals surface area contributed by atoms with Crippen molar-refractivity contribution in [1.29, 1.82) is 5.26 Å². The highest BCUT2D eigenvalue weighted by molar-refractivity contribution is 5.74. The Morgan fingerprint density at radius 1 is 1.27 bits per heavy atom. The molecule has 8 nitrogen and oxygen atoms in total. The van der Waals surface area contributed by atoms with Gasteiger partial charge in [0.05, 0.1) is 19.9 Å². The van der Waals surface area contributed by atoms with Gasteiger partial charge in [0.2, 0.25) is 5.88 Å². The number of anilines is 2. The van der Waals surface area contributed by atoms with Gasteiger partial charge in [-0.2, -0.15) is 10.2 Å². The third-order valence-electron chi connectivity index (χ3n) is 4.22. The zero-order valence-corrected chi connectivity index (χ0v) is 15.0. The lowest BCUT2D eigenvalue weighted by Crippen LogP contribution is -2.20. The van der Waals surface area contributed by atoms with Crippen LogP contribution in [-0.4, -0.2) is 39.3 Å². The molecule has 1 aliphatic rings. The number of pyridine rings is 1. The Morgan fingerprint density at radius 3 is 2.65 bits per heavy atom. The number of ether oxygens (including phenoxy) is 3. The quantitative estimate of drug-likeness (QED) is 0.574. The Kier molecular flexibility index (Phi) is 5.00. The number of fused-ring (bicyclic) bond motifs is 2. The summed E-state index contributed by atoms with van der Waals surface area (Å²) in [6.45, 7) is 1.38. The topological polar surface area (TPSA) is 114 Å². The van der Waals surface area contributed by atoms with Crippen LogP contribution in [0.2, 0.25) is 0 Å². The fraction of sp³-hybridized carbons (Fsp3) is 0.333. The van der Waals surface area contributed by atoms with E-state index in [9.17, 15) is 5.26 Å². The molecule has 2 heterocycles. The van der Waals surface area contributed by atoms with Gasteiger partial charge < -0.3 is 30.6 Å². The molecule has 0 radical (unpaired) electrons. The molecule has 0 aliphatic carbocycles. The summed E-state index contributed by atoms with van der Waals surface area (Å²) in [5.74, 6) is 2.36. The minimum Gasteiger partial charge on any atom is -0.493 e. The van der Waals surface area contributed by atoms with E-state index in [0.717, 1.165) is 17.7 Å². The van der Waals surface area contributed by atoms with Gasteiger partial charge in [0.15, 0.2) is 11.5 Å². The summed E-state index contributed by atoms with van der Waals surface area (Å²) in [7, 11) is 5.02. The Hall–Kier alpha value is -3.18. The van der Waals surface area contributed by atoms with Crippen molar-refractivity contribution in [3.8, 4) is 29.2 Å². The Balaban J connectivity index is 2.07. The van der Waals surface area contributed by atoms with E-state index in [1.165, 1.54) is 0 Å². The van der Waals surface area contributed by atoms with Crippen molar-refractivity contribution in [3.05, 3.63) is 28.8 Å². The van der Waals surface area contributed by atoms with Gasteiger partial charge >= 0.3 is 0 Å². The number of nitrogens with two attached hydrogens (primary N) is 1. The fourth-order valence-electron chi connectivity index (χ4n) is 2.92. The van der Waals surface area contributed by atoms with Crippen LogP contribution in [-0.2, 0) is 6.42 Å². The van der Waals surface area contributed by atoms with Gasteiger partial charge in [-0.15, -0.1) is 0 Å². The fourth-order valence-corrected chi connectivity index (χ4v) is 2.92. The summed E-state index contributed by atoms with van der Waals surface area (Å²) in [6, 6.07) is 5.77. The second-order valence-electron chi connectivity index (χ2n) is 5.77. The molecule has 0 fully saturated rings. The molecule has 0 bridgehead atoms. The van der Waals surface area contributed by atoms with Gasteiger partial charge in [-0.3, -0.25) is 0 Å². The number of nitriles is 1. The largest absolute Gasteiger partial charge is 0.493 e. The van der Waals surface area contributed by atoms with Crippen molar-refractivity contribution >= 4 is 11.5 Å². The lowest BCUT2D eigenvalue weighted by molar-refractivity contribution is 0.349. The van der Waals surface area contributed by atoms with Crippen LogP contribution in [0.3, 0.4) is 0 Å². The Morgan fingerprint density at radius 2 is 2.00 bits per heavy atom. The first-order valence-electron chi connectivity index (χ1n) is 8.16. The lowest BCUT2D eigenvalue weighted by atomic mass is 9.98. The number of aromatic nitrogens is 1. The second-order valence-corrected chi connectivity index (χ2v) is 5.77. The molecule has 1 aromatic carbocycles. The zero-order chi connectivity index (χ0) is 18.7. The minimum atomic E-state index is 0.141. The van der Waals surface area contributed by atoms with Gasteiger partial charge in [-0.25, -0.2) is 0 Å². The number of hydrogen-bond acceptors (Lipinski definition) is 8. The van der Waals surface area contributed by atoms with Crippen molar-refractivity contribution in [3.63, 3.8) is 0 Å². The van der Waals surface area contributed by atoms with Gasteiger partial charge in [-0.05, 0) is 13.1 Å². The Bertz CT molecular complexity index is 876. The predicted molar refractivity (Wildman–Crippen MR) is 98.2 cm³/mol. The molecule has 1 aromatic heterocycles. The molecule has 0 saturated carbocycles. The second kappa shape index (κ2) is 7.37. The summed E-state index contributed by atoms with van der Waals surface area (Å²) < 4.78 is 16.7. The van der Waals surface area contributed by atoms with E-state index in [1.54, 1.807) is 20.3 Å². The molecular weight excluding hydrogens is 334 g/mol. The maximum atomic E-state index is 9.50. The van der Waals surface area contributed by atoms with Gasteiger partial charge in [0.25, 0.3) is 0 Å². The third-order valence-corrected chi connectivity index (χ3v) is 4.22.